The van der Waals surface area contributed by atoms with Crippen LogP contribution in [0.15, 0.2) is 30.3 Å². The van der Waals surface area contributed by atoms with Crippen LogP contribution in [0.2, 0.25) is 0 Å². The molecule has 2 aromatic rings. The molecule has 17 heavy (non-hydrogen) atoms. The van der Waals surface area contributed by atoms with Crippen LogP contribution in [0.4, 0.5) is 8.78 Å². The summed E-state index contributed by atoms with van der Waals surface area (Å²) in [7, 11) is 0. The minimum absolute atomic E-state index is 0.0161. The monoisotopic (exact) mass is 238 g/mol. The topological polar surface area (TPSA) is 60.7 Å². The zero-order valence-corrected chi connectivity index (χ0v) is 8.48. The first-order valence-corrected chi connectivity index (χ1v) is 4.70. The molecular formula is C12H8F2O3. The van der Waals surface area contributed by atoms with E-state index in [2.05, 4.69) is 0 Å². The maximum Gasteiger partial charge on any atom is 0.197 e. The van der Waals surface area contributed by atoms with Crippen molar-refractivity contribution in [3.05, 3.63) is 42.0 Å². The molecule has 2 rings (SSSR count). The number of halogens is 2. The van der Waals surface area contributed by atoms with Crippen LogP contribution in [0.25, 0.3) is 11.1 Å². The fraction of sp³-hybridized carbons (Fsp3) is 0. The number of phenols is 3. The lowest BCUT2D eigenvalue weighted by atomic mass is 10.0. The summed E-state index contributed by atoms with van der Waals surface area (Å²) in [5, 5.41) is 27.2. The fourth-order valence-electron chi connectivity index (χ4n) is 1.45. The smallest absolute Gasteiger partial charge is 0.197 e. The van der Waals surface area contributed by atoms with Crippen molar-refractivity contribution in [2.45, 2.75) is 0 Å². The van der Waals surface area contributed by atoms with Crippen molar-refractivity contribution in [1.82, 2.24) is 0 Å². The Morgan fingerprint density at radius 2 is 1.41 bits per heavy atom. The molecule has 3 N–H and O–H groups in total. The van der Waals surface area contributed by atoms with Crippen molar-refractivity contribution in [3.8, 4) is 28.4 Å². The standard InChI is InChI=1S/C12H8F2O3/c13-9-5-8(10(14)12(17)11(9)16)6-1-3-7(15)4-2-6/h1-5,15-17H. The van der Waals surface area contributed by atoms with Crippen molar-refractivity contribution < 1.29 is 24.1 Å². The van der Waals surface area contributed by atoms with Gasteiger partial charge in [0.1, 0.15) is 5.75 Å². The van der Waals surface area contributed by atoms with Crippen LogP contribution in [0, 0.1) is 11.6 Å². The minimum Gasteiger partial charge on any atom is -0.508 e. The third kappa shape index (κ3) is 1.87. The van der Waals surface area contributed by atoms with E-state index in [0.717, 1.165) is 6.07 Å². The molecule has 0 unspecified atom stereocenters. The molecule has 0 atom stereocenters. The second-order valence-corrected chi connectivity index (χ2v) is 3.46. The number of hydrogen-bond acceptors (Lipinski definition) is 3. The van der Waals surface area contributed by atoms with Crippen LogP contribution in [0.5, 0.6) is 17.2 Å². The van der Waals surface area contributed by atoms with Gasteiger partial charge in [0.15, 0.2) is 23.1 Å². The number of aromatic hydroxyl groups is 3. The summed E-state index contributed by atoms with van der Waals surface area (Å²) in [4.78, 5) is 0. The van der Waals surface area contributed by atoms with E-state index in [1.54, 1.807) is 0 Å². The summed E-state index contributed by atoms with van der Waals surface area (Å²) in [6.07, 6.45) is 0. The highest BCUT2D eigenvalue weighted by Gasteiger charge is 2.18. The van der Waals surface area contributed by atoms with E-state index in [-0.39, 0.29) is 16.9 Å². The molecule has 88 valence electrons. The first-order valence-electron chi connectivity index (χ1n) is 4.70. The molecule has 0 saturated carbocycles. The van der Waals surface area contributed by atoms with Crippen LogP contribution in [-0.2, 0) is 0 Å². The van der Waals surface area contributed by atoms with E-state index < -0.39 is 23.1 Å². The quantitative estimate of drug-likeness (QED) is 0.669. The van der Waals surface area contributed by atoms with E-state index in [0.29, 0.717) is 0 Å². The van der Waals surface area contributed by atoms with Gasteiger partial charge in [0, 0.05) is 5.56 Å². The number of phenolic OH excluding ortho intramolecular Hbond substituents is 3. The van der Waals surface area contributed by atoms with Crippen molar-refractivity contribution in [3.63, 3.8) is 0 Å². The van der Waals surface area contributed by atoms with Gasteiger partial charge in [-0.2, -0.15) is 0 Å². The van der Waals surface area contributed by atoms with Crippen LogP contribution >= 0.6 is 0 Å². The average molecular weight is 238 g/mol. The summed E-state index contributed by atoms with van der Waals surface area (Å²) in [5.74, 6) is -4.50. The van der Waals surface area contributed by atoms with Gasteiger partial charge in [-0.05, 0) is 23.8 Å². The Morgan fingerprint density at radius 3 is 2.00 bits per heavy atom. The van der Waals surface area contributed by atoms with Crippen molar-refractivity contribution in [2.75, 3.05) is 0 Å². The van der Waals surface area contributed by atoms with Gasteiger partial charge in [-0.3, -0.25) is 0 Å². The maximum absolute atomic E-state index is 13.6. The molecule has 0 aromatic heterocycles. The molecule has 0 heterocycles. The average Bonchev–Trinajstić information content (AvgIpc) is 2.32. The lowest BCUT2D eigenvalue weighted by Gasteiger charge is -2.07. The molecular weight excluding hydrogens is 230 g/mol. The van der Waals surface area contributed by atoms with Crippen LogP contribution in [-0.4, -0.2) is 15.3 Å². The number of rotatable bonds is 1. The molecule has 0 amide bonds. The van der Waals surface area contributed by atoms with Crippen molar-refractivity contribution >= 4 is 0 Å². The van der Waals surface area contributed by atoms with Gasteiger partial charge in [-0.15, -0.1) is 0 Å². The SMILES string of the molecule is Oc1ccc(-c2cc(F)c(O)c(O)c2F)cc1. The summed E-state index contributed by atoms with van der Waals surface area (Å²) in [6, 6.07) is 6.11. The van der Waals surface area contributed by atoms with E-state index in [1.165, 1.54) is 24.3 Å². The second-order valence-electron chi connectivity index (χ2n) is 3.46. The van der Waals surface area contributed by atoms with Gasteiger partial charge in [0.05, 0.1) is 0 Å². The van der Waals surface area contributed by atoms with Crippen molar-refractivity contribution in [2.24, 2.45) is 0 Å². The Labute approximate surface area is 95.2 Å². The Bertz CT molecular complexity index is 565. The molecule has 5 heteroatoms. The van der Waals surface area contributed by atoms with E-state index in [9.17, 15) is 8.78 Å². The fourth-order valence-corrected chi connectivity index (χ4v) is 1.45. The summed E-state index contributed by atoms with van der Waals surface area (Å²) in [6.45, 7) is 0. The Morgan fingerprint density at radius 1 is 0.824 bits per heavy atom. The van der Waals surface area contributed by atoms with Gasteiger partial charge < -0.3 is 15.3 Å². The van der Waals surface area contributed by atoms with Crippen LogP contribution < -0.4 is 0 Å². The van der Waals surface area contributed by atoms with E-state index in [1.807, 2.05) is 0 Å². The van der Waals surface area contributed by atoms with Crippen LogP contribution in [0.1, 0.15) is 0 Å². The molecule has 0 saturated heterocycles. The highest BCUT2D eigenvalue weighted by molar-refractivity contribution is 5.68. The molecule has 0 radical (unpaired) electrons. The molecule has 0 aliphatic carbocycles. The largest absolute Gasteiger partial charge is 0.508 e. The predicted octanol–water partition coefficient (Wildman–Crippen LogP) is 2.75. The summed E-state index contributed by atoms with van der Waals surface area (Å²) < 4.78 is 26.7. The first kappa shape index (κ1) is 11.2. The molecule has 0 bridgehead atoms. The van der Waals surface area contributed by atoms with E-state index >= 15 is 0 Å². The summed E-state index contributed by atoms with van der Waals surface area (Å²) in [5.41, 5.74) is 0.0762. The highest BCUT2D eigenvalue weighted by atomic mass is 19.1. The molecule has 2 aromatic carbocycles. The zero-order chi connectivity index (χ0) is 12.6. The Balaban J connectivity index is 2.64. The summed E-state index contributed by atoms with van der Waals surface area (Å²) >= 11 is 0. The third-order valence-corrected chi connectivity index (χ3v) is 2.34. The van der Waals surface area contributed by atoms with Gasteiger partial charge >= 0.3 is 0 Å². The molecule has 0 fully saturated rings. The van der Waals surface area contributed by atoms with Gasteiger partial charge in [-0.1, -0.05) is 12.1 Å². The Hall–Kier alpha value is -2.30. The van der Waals surface area contributed by atoms with Crippen molar-refractivity contribution in [1.29, 1.82) is 0 Å². The van der Waals surface area contributed by atoms with Gasteiger partial charge in [0.25, 0.3) is 0 Å². The first-order chi connectivity index (χ1) is 8.00. The third-order valence-electron chi connectivity index (χ3n) is 2.34. The molecule has 0 aliphatic rings. The van der Waals surface area contributed by atoms with Crippen LogP contribution in [0.3, 0.4) is 0 Å². The predicted molar refractivity (Wildman–Crippen MR) is 56.8 cm³/mol. The number of hydrogen-bond donors (Lipinski definition) is 3. The second kappa shape index (κ2) is 3.93. The van der Waals surface area contributed by atoms with Gasteiger partial charge in [-0.25, -0.2) is 8.78 Å². The molecule has 3 nitrogen and oxygen atoms in total. The molecule has 0 spiro atoms. The van der Waals surface area contributed by atoms with Gasteiger partial charge in [0.2, 0.25) is 0 Å². The lowest BCUT2D eigenvalue weighted by Crippen LogP contribution is -1.89. The normalized spacial score (nSPS) is 10.5. The zero-order valence-electron chi connectivity index (χ0n) is 8.48. The maximum atomic E-state index is 13.6. The Kier molecular flexibility index (Phi) is 2.59. The lowest BCUT2D eigenvalue weighted by molar-refractivity contribution is 0.359. The molecule has 0 aliphatic heterocycles. The highest BCUT2D eigenvalue weighted by Crippen LogP contribution is 2.37. The van der Waals surface area contributed by atoms with E-state index in [4.69, 9.17) is 15.3 Å². The number of benzene rings is 2. The minimum atomic E-state index is -1.13.